The molecule has 6 nitrogen and oxygen atoms in total. The number of Topliss-reactive ketones (excluding diaryl/α,β-unsaturated/α-hetero) is 1. The molecular formula is C24H24BrN3O3. The molecule has 31 heavy (non-hydrogen) atoms. The average molecular weight is 482 g/mol. The summed E-state index contributed by atoms with van der Waals surface area (Å²) in [5.41, 5.74) is 4.31. The second-order valence-electron chi connectivity index (χ2n) is 8.69. The van der Waals surface area contributed by atoms with E-state index in [-0.39, 0.29) is 18.3 Å². The van der Waals surface area contributed by atoms with Crippen molar-refractivity contribution in [2.24, 2.45) is 13.0 Å². The number of nitrogens with zero attached hydrogens (tertiary/aromatic N) is 3. The highest BCUT2D eigenvalue weighted by atomic mass is 79.9. The average Bonchev–Trinajstić information content (AvgIpc) is 3.09. The fourth-order valence-corrected chi connectivity index (χ4v) is 5.68. The minimum absolute atomic E-state index is 0.0207. The van der Waals surface area contributed by atoms with E-state index in [0.29, 0.717) is 28.5 Å². The van der Waals surface area contributed by atoms with Gasteiger partial charge in [-0.3, -0.25) is 9.78 Å². The predicted octanol–water partition coefficient (Wildman–Crippen LogP) is 3.72. The van der Waals surface area contributed by atoms with Gasteiger partial charge >= 0.3 is 5.97 Å². The monoisotopic (exact) mass is 481 g/mol. The van der Waals surface area contributed by atoms with Crippen molar-refractivity contribution in [3.8, 4) is 0 Å². The van der Waals surface area contributed by atoms with Crippen molar-refractivity contribution >= 4 is 38.6 Å². The molecule has 160 valence electrons. The molecule has 0 N–H and O–H groups in total. The molecule has 5 rings (SSSR count). The maximum Gasteiger partial charge on any atom is 0.340 e. The molecule has 0 amide bonds. The number of benzene rings is 1. The number of piperidine rings is 1. The fraction of sp³-hybridized carbons (Fsp3) is 0.375. The van der Waals surface area contributed by atoms with Crippen LogP contribution in [0.3, 0.4) is 0 Å². The minimum atomic E-state index is -0.527. The first kappa shape index (κ1) is 20.4. The minimum Gasteiger partial charge on any atom is -0.454 e. The number of carbonyl (C=O) groups excluding carboxylic acids is 2. The number of aromatic nitrogens is 2. The van der Waals surface area contributed by atoms with E-state index in [1.807, 2.05) is 0 Å². The third-order valence-electron chi connectivity index (χ3n) is 6.77. The van der Waals surface area contributed by atoms with Crippen LogP contribution in [0.5, 0.6) is 0 Å². The van der Waals surface area contributed by atoms with Crippen molar-refractivity contribution in [3.63, 3.8) is 0 Å². The molecule has 1 aliphatic heterocycles. The zero-order chi connectivity index (χ0) is 21.7. The lowest BCUT2D eigenvalue weighted by molar-refractivity contribution is -0.128. The highest BCUT2D eigenvalue weighted by molar-refractivity contribution is 9.10. The predicted molar refractivity (Wildman–Crippen MR) is 121 cm³/mol. The first-order valence-corrected chi connectivity index (χ1v) is 11.3. The third-order valence-corrected chi connectivity index (χ3v) is 7.21. The van der Waals surface area contributed by atoms with E-state index in [9.17, 15) is 9.59 Å². The Hall–Kier alpha value is -2.51. The molecule has 0 radical (unpaired) electrons. The topological polar surface area (TPSA) is 64.4 Å². The zero-order valence-electron chi connectivity index (χ0n) is 17.5. The van der Waals surface area contributed by atoms with Gasteiger partial charge in [0.1, 0.15) is 0 Å². The molecule has 1 fully saturated rings. The zero-order valence-corrected chi connectivity index (χ0v) is 19.1. The van der Waals surface area contributed by atoms with Gasteiger partial charge in [0.2, 0.25) is 0 Å². The van der Waals surface area contributed by atoms with Gasteiger partial charge in [0, 0.05) is 65.4 Å². The summed E-state index contributed by atoms with van der Waals surface area (Å²) in [7, 11) is 4.19. The Morgan fingerprint density at radius 2 is 2.10 bits per heavy atom. The van der Waals surface area contributed by atoms with Crippen LogP contribution >= 0.6 is 15.9 Å². The van der Waals surface area contributed by atoms with Gasteiger partial charge in [-0.25, -0.2) is 4.79 Å². The molecule has 3 heterocycles. The lowest BCUT2D eigenvalue weighted by atomic mass is 9.72. The lowest BCUT2D eigenvalue weighted by Crippen LogP contribution is -2.50. The van der Waals surface area contributed by atoms with E-state index < -0.39 is 5.97 Å². The van der Waals surface area contributed by atoms with Gasteiger partial charge in [-0.15, -0.1) is 0 Å². The molecule has 7 heteroatoms. The number of aryl methyl sites for hydroxylation is 1. The number of rotatable bonds is 4. The van der Waals surface area contributed by atoms with Crippen molar-refractivity contribution in [1.82, 2.24) is 14.5 Å². The van der Waals surface area contributed by atoms with Crippen molar-refractivity contribution in [2.45, 2.75) is 24.8 Å². The van der Waals surface area contributed by atoms with Gasteiger partial charge in [-0.2, -0.15) is 0 Å². The molecule has 0 spiro atoms. The molecular weight excluding hydrogens is 458 g/mol. The van der Waals surface area contributed by atoms with Crippen LogP contribution in [0, 0.1) is 5.92 Å². The third kappa shape index (κ3) is 3.59. The smallest absolute Gasteiger partial charge is 0.340 e. The van der Waals surface area contributed by atoms with E-state index in [4.69, 9.17) is 4.74 Å². The largest absolute Gasteiger partial charge is 0.454 e. The van der Waals surface area contributed by atoms with Crippen molar-refractivity contribution in [2.75, 3.05) is 20.2 Å². The molecule has 0 bridgehead atoms. The van der Waals surface area contributed by atoms with Crippen LogP contribution in [-0.2, 0) is 23.0 Å². The first-order chi connectivity index (χ1) is 14.9. The number of pyridine rings is 1. The molecule has 1 aromatic carbocycles. The summed E-state index contributed by atoms with van der Waals surface area (Å²) >= 11 is 3.29. The number of carbonyl (C=O) groups is 2. The van der Waals surface area contributed by atoms with Gasteiger partial charge in [-0.05, 0) is 59.1 Å². The molecule has 3 atom stereocenters. The number of likely N-dealkylation sites (tertiary alicyclic amines) is 1. The number of likely N-dealkylation sites (N-methyl/N-ethyl adjacent to an activating group) is 1. The van der Waals surface area contributed by atoms with Crippen molar-refractivity contribution in [3.05, 3.63) is 64.0 Å². The number of fused-ring (bicyclic) bond motifs is 2. The fourth-order valence-electron chi connectivity index (χ4n) is 5.31. The Labute approximate surface area is 189 Å². The second kappa shape index (κ2) is 7.88. The highest BCUT2D eigenvalue weighted by Crippen LogP contribution is 2.44. The maximum atomic E-state index is 13.0. The molecule has 0 saturated carbocycles. The SMILES string of the molecule is CN1CC(C(=O)COC(=O)c2cncc(Br)c2)C[C@@H]2c3cccc4c3c(cn4C)C[C@H]21. The Morgan fingerprint density at radius 1 is 1.26 bits per heavy atom. The number of ketones is 1. The first-order valence-electron chi connectivity index (χ1n) is 10.5. The van der Waals surface area contributed by atoms with Gasteiger partial charge < -0.3 is 14.2 Å². The summed E-state index contributed by atoms with van der Waals surface area (Å²) in [5.74, 6) is -0.398. The second-order valence-corrected chi connectivity index (χ2v) is 9.61. The molecule has 1 unspecified atom stereocenters. The van der Waals surface area contributed by atoms with Crippen LogP contribution in [0.4, 0.5) is 0 Å². The molecule has 2 aliphatic rings. The number of esters is 1. The standard InChI is InChI=1S/C24H24BrN3O3/c1-27-12-16-8-21-19(18-4-3-5-20(27)23(16)18)7-15(11-28(21)2)22(29)13-31-24(30)14-6-17(25)10-26-9-14/h3-6,9-10,12,15,19,21H,7-8,11,13H2,1-2H3/t15?,19-,21-/m1/s1. The molecule has 1 saturated heterocycles. The van der Waals surface area contributed by atoms with Gasteiger partial charge in [0.25, 0.3) is 0 Å². The van der Waals surface area contributed by atoms with Gasteiger partial charge in [0.05, 0.1) is 5.56 Å². The van der Waals surface area contributed by atoms with Crippen LogP contribution < -0.4 is 0 Å². The molecule has 3 aromatic rings. The number of hydrogen-bond donors (Lipinski definition) is 0. The van der Waals surface area contributed by atoms with Crippen LogP contribution in [0.1, 0.15) is 33.8 Å². The molecule has 2 aromatic heterocycles. The van der Waals surface area contributed by atoms with Crippen molar-refractivity contribution < 1.29 is 14.3 Å². The summed E-state index contributed by atoms with van der Waals surface area (Å²) in [6.07, 6.45) is 7.07. The number of halogens is 1. The van der Waals surface area contributed by atoms with E-state index in [1.54, 1.807) is 12.3 Å². The van der Waals surface area contributed by atoms with E-state index in [1.165, 1.54) is 28.2 Å². The highest BCUT2D eigenvalue weighted by Gasteiger charge is 2.41. The van der Waals surface area contributed by atoms with E-state index in [2.05, 4.69) is 68.9 Å². The number of ether oxygens (including phenoxy) is 1. The lowest BCUT2D eigenvalue weighted by Gasteiger charge is -2.45. The van der Waals surface area contributed by atoms with Crippen LogP contribution in [0.25, 0.3) is 10.9 Å². The summed E-state index contributed by atoms with van der Waals surface area (Å²) < 4.78 is 8.21. The quantitative estimate of drug-likeness (QED) is 0.531. The Bertz CT molecular complexity index is 1190. The van der Waals surface area contributed by atoms with Crippen LogP contribution in [0.15, 0.2) is 47.3 Å². The Balaban J connectivity index is 1.33. The Morgan fingerprint density at radius 3 is 2.90 bits per heavy atom. The maximum absolute atomic E-state index is 13.0. The number of hydrogen-bond acceptors (Lipinski definition) is 5. The van der Waals surface area contributed by atoms with Crippen LogP contribution in [-0.4, -0.2) is 52.4 Å². The van der Waals surface area contributed by atoms with Gasteiger partial charge in [-0.1, -0.05) is 12.1 Å². The summed E-state index contributed by atoms with van der Waals surface area (Å²) in [6, 6.07) is 8.51. The van der Waals surface area contributed by atoms with E-state index in [0.717, 1.165) is 12.8 Å². The van der Waals surface area contributed by atoms with E-state index >= 15 is 0 Å². The summed E-state index contributed by atoms with van der Waals surface area (Å²) in [4.78, 5) is 31.6. The Kier molecular flexibility index (Phi) is 5.18. The summed E-state index contributed by atoms with van der Waals surface area (Å²) in [6.45, 7) is 0.482. The van der Waals surface area contributed by atoms with Crippen molar-refractivity contribution in [1.29, 1.82) is 0 Å². The van der Waals surface area contributed by atoms with Gasteiger partial charge in [0.15, 0.2) is 12.4 Å². The van der Waals surface area contributed by atoms with Crippen LogP contribution in [0.2, 0.25) is 0 Å². The normalized spacial score (nSPS) is 22.9. The molecule has 1 aliphatic carbocycles. The summed E-state index contributed by atoms with van der Waals surface area (Å²) in [5, 5.41) is 1.35.